The lowest BCUT2D eigenvalue weighted by molar-refractivity contribution is -0.134. The van der Waals surface area contributed by atoms with E-state index in [1.54, 1.807) is 6.08 Å². The van der Waals surface area contributed by atoms with Gasteiger partial charge >= 0.3 is 5.97 Å². The molecule has 0 N–H and O–H groups in total. The number of ether oxygens (including phenoxy) is 2. The van der Waals surface area contributed by atoms with Crippen LogP contribution < -0.4 is 0 Å². The van der Waals surface area contributed by atoms with Crippen LogP contribution in [-0.2, 0) is 14.3 Å². The first-order valence-corrected chi connectivity index (χ1v) is 6.73. The highest BCUT2D eigenvalue weighted by molar-refractivity contribution is 6.02. The van der Waals surface area contributed by atoms with Gasteiger partial charge in [0.1, 0.15) is 0 Å². The van der Waals surface area contributed by atoms with Gasteiger partial charge in [0.25, 0.3) is 0 Å². The predicted octanol–water partition coefficient (Wildman–Crippen LogP) is 1.93. The van der Waals surface area contributed by atoms with Gasteiger partial charge in [0.15, 0.2) is 0 Å². The van der Waals surface area contributed by atoms with Gasteiger partial charge in [-0.25, -0.2) is 4.79 Å². The zero-order chi connectivity index (χ0) is 13.9. The third-order valence-electron chi connectivity index (χ3n) is 3.63. The van der Waals surface area contributed by atoms with E-state index in [1.165, 1.54) is 7.11 Å². The number of nitrogens with zero attached hydrogens (tertiary/aromatic N) is 1. The molecule has 2 aliphatic rings. The summed E-state index contributed by atoms with van der Waals surface area (Å²) in [5.74, 6) is -0.323. The number of esters is 1. The fraction of sp³-hybridized carbons (Fsp3) is 0.312. The van der Waals surface area contributed by atoms with Crippen LogP contribution in [0.5, 0.6) is 0 Å². The number of allylic oxidation sites excluding steroid dienone is 1. The van der Waals surface area contributed by atoms with Crippen LogP contribution in [0, 0.1) is 0 Å². The molecule has 0 saturated carbocycles. The maximum atomic E-state index is 11.6. The van der Waals surface area contributed by atoms with Crippen molar-refractivity contribution in [3.63, 3.8) is 0 Å². The summed E-state index contributed by atoms with van der Waals surface area (Å²) in [5, 5.41) is 0. The fourth-order valence-corrected chi connectivity index (χ4v) is 2.63. The van der Waals surface area contributed by atoms with Crippen LogP contribution >= 0.6 is 0 Å². The highest BCUT2D eigenvalue weighted by Crippen LogP contribution is 2.37. The van der Waals surface area contributed by atoms with Crippen LogP contribution in [0.25, 0.3) is 11.6 Å². The zero-order valence-corrected chi connectivity index (χ0v) is 11.5. The van der Waals surface area contributed by atoms with E-state index in [2.05, 4.69) is 17.0 Å². The van der Waals surface area contributed by atoms with Gasteiger partial charge in [-0.2, -0.15) is 0 Å². The van der Waals surface area contributed by atoms with Gasteiger partial charge in [-0.3, -0.25) is 0 Å². The molecule has 0 radical (unpaired) electrons. The van der Waals surface area contributed by atoms with E-state index in [0.29, 0.717) is 0 Å². The first kappa shape index (κ1) is 12.9. The van der Waals surface area contributed by atoms with E-state index in [4.69, 9.17) is 9.47 Å². The number of methoxy groups -OCH3 is 1. The monoisotopic (exact) mass is 271 g/mol. The molecule has 1 aliphatic carbocycles. The van der Waals surface area contributed by atoms with Gasteiger partial charge < -0.3 is 14.4 Å². The van der Waals surface area contributed by atoms with E-state index in [-0.39, 0.29) is 5.97 Å². The lowest BCUT2D eigenvalue weighted by atomic mass is 10.0. The molecule has 1 heterocycles. The topological polar surface area (TPSA) is 38.8 Å². The molecule has 1 saturated heterocycles. The Morgan fingerprint density at radius 2 is 2.05 bits per heavy atom. The Balaban J connectivity index is 2.00. The molecule has 0 spiro atoms. The van der Waals surface area contributed by atoms with Gasteiger partial charge in [0.2, 0.25) is 0 Å². The fourth-order valence-electron chi connectivity index (χ4n) is 2.63. The summed E-state index contributed by atoms with van der Waals surface area (Å²) in [6, 6.07) is 8.09. The first-order chi connectivity index (χ1) is 9.79. The van der Waals surface area contributed by atoms with Crippen LogP contribution in [0.4, 0.5) is 0 Å². The second kappa shape index (κ2) is 5.51. The van der Waals surface area contributed by atoms with Gasteiger partial charge in [-0.15, -0.1) is 0 Å². The molecule has 1 fully saturated rings. The summed E-state index contributed by atoms with van der Waals surface area (Å²) >= 11 is 0. The standard InChI is InChI=1S/C16H17NO3/c1-19-16(18)11-14-13-5-3-2-4-12(13)10-15(14)17-6-8-20-9-7-17/h2-5,10-11H,6-9H2,1H3/b14-11+. The maximum absolute atomic E-state index is 11.6. The van der Waals surface area contributed by atoms with E-state index >= 15 is 0 Å². The van der Waals surface area contributed by atoms with Crippen LogP contribution in [0.3, 0.4) is 0 Å². The van der Waals surface area contributed by atoms with E-state index in [0.717, 1.165) is 48.7 Å². The average Bonchev–Trinajstić information content (AvgIpc) is 2.87. The Morgan fingerprint density at radius 1 is 1.30 bits per heavy atom. The van der Waals surface area contributed by atoms with E-state index in [1.807, 2.05) is 18.2 Å². The maximum Gasteiger partial charge on any atom is 0.331 e. The predicted molar refractivity (Wildman–Crippen MR) is 76.8 cm³/mol. The quantitative estimate of drug-likeness (QED) is 0.608. The molecule has 1 aromatic carbocycles. The molecule has 1 aromatic rings. The number of rotatable bonds is 2. The van der Waals surface area contributed by atoms with Crippen LogP contribution in [-0.4, -0.2) is 44.3 Å². The summed E-state index contributed by atoms with van der Waals surface area (Å²) in [6.07, 6.45) is 3.71. The lowest BCUT2D eigenvalue weighted by Gasteiger charge is -2.30. The van der Waals surface area contributed by atoms with E-state index < -0.39 is 0 Å². The van der Waals surface area contributed by atoms with Crippen molar-refractivity contribution in [3.8, 4) is 0 Å². The molecule has 20 heavy (non-hydrogen) atoms. The highest BCUT2D eigenvalue weighted by atomic mass is 16.5. The number of carbonyl (C=O) groups excluding carboxylic acids is 1. The molecule has 1 aliphatic heterocycles. The van der Waals surface area contributed by atoms with Crippen molar-refractivity contribution in [1.29, 1.82) is 0 Å². The van der Waals surface area contributed by atoms with Gasteiger partial charge in [0, 0.05) is 30.4 Å². The third kappa shape index (κ3) is 2.34. The molecular formula is C16H17NO3. The molecule has 3 rings (SSSR count). The molecular weight excluding hydrogens is 254 g/mol. The molecule has 0 unspecified atom stereocenters. The Bertz CT molecular complexity index is 583. The molecule has 4 nitrogen and oxygen atoms in total. The Hall–Kier alpha value is -2.07. The van der Waals surface area contributed by atoms with Crippen molar-refractivity contribution in [1.82, 2.24) is 4.90 Å². The van der Waals surface area contributed by atoms with Crippen molar-refractivity contribution in [2.45, 2.75) is 0 Å². The number of carbonyl (C=O) groups is 1. The second-order valence-corrected chi connectivity index (χ2v) is 4.80. The Labute approximate surface area is 118 Å². The van der Waals surface area contributed by atoms with Crippen molar-refractivity contribution in [2.75, 3.05) is 33.4 Å². The number of fused-ring (bicyclic) bond motifs is 1. The number of hydrogen-bond donors (Lipinski definition) is 0. The molecule has 0 aromatic heterocycles. The minimum atomic E-state index is -0.323. The molecule has 0 amide bonds. The van der Waals surface area contributed by atoms with Gasteiger partial charge in [-0.1, -0.05) is 24.3 Å². The van der Waals surface area contributed by atoms with Crippen molar-refractivity contribution >= 4 is 17.6 Å². The molecule has 4 heteroatoms. The van der Waals surface area contributed by atoms with Crippen molar-refractivity contribution in [3.05, 3.63) is 47.2 Å². The van der Waals surface area contributed by atoms with Crippen molar-refractivity contribution < 1.29 is 14.3 Å². The normalized spacial score (nSPS) is 19.8. The zero-order valence-electron chi connectivity index (χ0n) is 11.5. The smallest absolute Gasteiger partial charge is 0.331 e. The van der Waals surface area contributed by atoms with Crippen molar-refractivity contribution in [2.24, 2.45) is 0 Å². The number of benzene rings is 1. The van der Waals surface area contributed by atoms with E-state index in [9.17, 15) is 4.79 Å². The summed E-state index contributed by atoms with van der Waals surface area (Å²) in [4.78, 5) is 13.9. The summed E-state index contributed by atoms with van der Waals surface area (Å²) in [5.41, 5.74) is 4.25. The minimum Gasteiger partial charge on any atom is -0.466 e. The number of morpholine rings is 1. The second-order valence-electron chi connectivity index (χ2n) is 4.80. The summed E-state index contributed by atoms with van der Waals surface area (Å²) < 4.78 is 10.2. The lowest BCUT2D eigenvalue weighted by Crippen LogP contribution is -2.35. The minimum absolute atomic E-state index is 0.323. The number of hydrogen-bond acceptors (Lipinski definition) is 4. The van der Waals surface area contributed by atoms with Crippen LogP contribution in [0.2, 0.25) is 0 Å². The molecule has 0 atom stereocenters. The van der Waals surface area contributed by atoms with Gasteiger partial charge in [-0.05, 0) is 17.2 Å². The van der Waals surface area contributed by atoms with Crippen LogP contribution in [0.15, 0.2) is 36.0 Å². The first-order valence-electron chi connectivity index (χ1n) is 6.73. The summed E-state index contributed by atoms with van der Waals surface area (Å²) in [7, 11) is 1.40. The molecule has 104 valence electrons. The average molecular weight is 271 g/mol. The summed E-state index contributed by atoms with van der Waals surface area (Å²) in [6.45, 7) is 3.13. The third-order valence-corrected chi connectivity index (χ3v) is 3.63. The SMILES string of the molecule is COC(=O)/C=C1/C(N2CCOCC2)=Cc2ccccc21. The largest absolute Gasteiger partial charge is 0.466 e. The molecule has 0 bridgehead atoms. The van der Waals surface area contributed by atoms with Crippen LogP contribution in [0.1, 0.15) is 11.1 Å². The Kier molecular flexibility index (Phi) is 3.56. The van der Waals surface area contributed by atoms with Gasteiger partial charge in [0.05, 0.1) is 20.3 Å². The highest BCUT2D eigenvalue weighted by Gasteiger charge is 2.25. The Morgan fingerprint density at radius 3 is 2.80 bits per heavy atom.